The summed E-state index contributed by atoms with van der Waals surface area (Å²) < 4.78 is 0. The van der Waals surface area contributed by atoms with E-state index in [1.807, 2.05) is 30.3 Å². The van der Waals surface area contributed by atoms with Crippen molar-refractivity contribution in [3.8, 4) is 5.75 Å². The zero-order chi connectivity index (χ0) is 31.7. The topological polar surface area (TPSA) is 73.7 Å². The molecule has 3 atom stereocenters. The highest BCUT2D eigenvalue weighted by Gasteiger charge is 2.56. The first-order valence-corrected chi connectivity index (χ1v) is 17.8. The Morgan fingerprint density at radius 3 is 2.40 bits per heavy atom. The van der Waals surface area contributed by atoms with Gasteiger partial charge in [0.25, 0.3) is 5.91 Å². The number of allylic oxidation sites excluding steroid dienone is 4. The van der Waals surface area contributed by atoms with Crippen molar-refractivity contribution < 1.29 is 9.90 Å². The van der Waals surface area contributed by atoms with Crippen LogP contribution in [-0.2, 0) is 13.1 Å². The molecule has 0 bridgehead atoms. The molecule has 3 N–H and O–H groups in total. The average Bonchev–Trinajstić information content (AvgIpc) is 4.05. The molecule has 3 saturated carbocycles. The maximum absolute atomic E-state index is 13.0. The second kappa shape index (κ2) is 13.0. The van der Waals surface area contributed by atoms with Gasteiger partial charge < -0.3 is 15.7 Å². The molecule has 3 aromatic rings. The van der Waals surface area contributed by atoms with Crippen LogP contribution in [0.5, 0.6) is 5.75 Å². The van der Waals surface area contributed by atoms with Crippen LogP contribution in [0.3, 0.4) is 0 Å². The second-order valence-corrected chi connectivity index (χ2v) is 14.2. The number of aliphatic imine (C=N–C) groups is 1. The number of phenols is 1. The van der Waals surface area contributed by atoms with Crippen molar-refractivity contribution in [2.75, 3.05) is 0 Å². The van der Waals surface area contributed by atoms with E-state index >= 15 is 0 Å². The van der Waals surface area contributed by atoms with Crippen LogP contribution >= 0.6 is 0 Å². The molecule has 5 aliphatic rings. The monoisotopic (exact) mass is 623 g/mol. The lowest BCUT2D eigenvalue weighted by atomic mass is 9.84. The first-order valence-electron chi connectivity index (χ1n) is 17.8. The number of benzene rings is 3. The number of hydrogen-bond acceptors (Lipinski definition) is 4. The Morgan fingerprint density at radius 2 is 1.62 bits per heavy atom. The first-order chi connectivity index (χ1) is 23.1. The van der Waals surface area contributed by atoms with E-state index in [1.165, 1.54) is 67.3 Å². The lowest BCUT2D eigenvalue weighted by Crippen LogP contribution is -2.23. The molecule has 3 unspecified atom stereocenters. The number of fused-ring (bicyclic) bond motifs is 1. The largest absolute Gasteiger partial charge is 0.507 e. The lowest BCUT2D eigenvalue weighted by molar-refractivity contribution is 0.0951. The Morgan fingerprint density at radius 1 is 0.830 bits per heavy atom. The fraction of sp³-hybridized carbons (Fsp3) is 0.381. The number of phenolic OH excluding ortho intramolecular Hbond substituents is 1. The predicted molar refractivity (Wildman–Crippen MR) is 189 cm³/mol. The molecule has 0 radical (unpaired) electrons. The van der Waals surface area contributed by atoms with E-state index in [0.717, 1.165) is 35.1 Å². The summed E-state index contributed by atoms with van der Waals surface area (Å²) in [6, 6.07) is 24.7. The number of rotatable bonds is 9. The minimum atomic E-state index is -0.0331. The fourth-order valence-electron chi connectivity index (χ4n) is 8.26. The van der Waals surface area contributed by atoms with Crippen molar-refractivity contribution >= 4 is 17.7 Å². The van der Waals surface area contributed by atoms with Crippen LogP contribution in [0, 0.1) is 17.8 Å². The van der Waals surface area contributed by atoms with E-state index in [2.05, 4.69) is 65.4 Å². The highest BCUT2D eigenvalue weighted by Crippen LogP contribution is 2.57. The molecule has 4 aliphatic carbocycles. The van der Waals surface area contributed by atoms with Crippen molar-refractivity contribution in [3.63, 3.8) is 0 Å². The normalized spacial score (nSPS) is 26.1. The van der Waals surface area contributed by atoms with Crippen LogP contribution in [0.25, 0.3) is 5.57 Å². The van der Waals surface area contributed by atoms with Gasteiger partial charge in [-0.25, -0.2) is 0 Å². The number of dihydropyridines is 1. The van der Waals surface area contributed by atoms with Crippen LogP contribution in [0.2, 0.25) is 0 Å². The van der Waals surface area contributed by atoms with Gasteiger partial charge >= 0.3 is 0 Å². The summed E-state index contributed by atoms with van der Waals surface area (Å²) in [7, 11) is 0. The van der Waals surface area contributed by atoms with Gasteiger partial charge in [-0.15, -0.1) is 0 Å². The van der Waals surface area contributed by atoms with Crippen LogP contribution in [0.4, 0.5) is 0 Å². The third-order valence-electron chi connectivity index (χ3n) is 11.0. The van der Waals surface area contributed by atoms with E-state index in [0.29, 0.717) is 48.6 Å². The number of carbonyl (C=O) groups excluding carboxylic acids is 1. The summed E-state index contributed by atoms with van der Waals surface area (Å²) in [4.78, 5) is 18.1. The number of nitrogens with zero attached hydrogens (tertiary/aromatic N) is 1. The molecule has 0 aromatic heterocycles. The average molecular weight is 624 g/mol. The van der Waals surface area contributed by atoms with Crippen LogP contribution in [0.1, 0.15) is 96.3 Å². The molecule has 1 amide bonds. The molecule has 3 fully saturated rings. The molecule has 240 valence electrons. The Labute approximate surface area is 278 Å². The quantitative estimate of drug-likeness (QED) is 0.223. The minimum absolute atomic E-state index is 0.0331. The van der Waals surface area contributed by atoms with Gasteiger partial charge in [0, 0.05) is 48.0 Å². The van der Waals surface area contributed by atoms with E-state index in [9.17, 15) is 9.90 Å². The maximum atomic E-state index is 13.0. The van der Waals surface area contributed by atoms with Crippen molar-refractivity contribution in [2.24, 2.45) is 22.7 Å². The van der Waals surface area contributed by atoms with Gasteiger partial charge in [-0.1, -0.05) is 85.5 Å². The third kappa shape index (κ3) is 6.45. The zero-order valence-corrected chi connectivity index (χ0v) is 27.1. The molecule has 3 aromatic carbocycles. The van der Waals surface area contributed by atoms with E-state index in [4.69, 9.17) is 4.99 Å². The van der Waals surface area contributed by atoms with Gasteiger partial charge in [0.1, 0.15) is 5.75 Å². The Bertz CT molecular complexity index is 1770. The van der Waals surface area contributed by atoms with Crippen molar-refractivity contribution in [1.82, 2.24) is 10.6 Å². The zero-order valence-electron chi connectivity index (χ0n) is 27.1. The molecule has 1 aliphatic heterocycles. The lowest BCUT2D eigenvalue weighted by Gasteiger charge is -2.22. The summed E-state index contributed by atoms with van der Waals surface area (Å²) in [5.41, 5.74) is 10.6. The molecule has 5 heteroatoms. The van der Waals surface area contributed by atoms with E-state index in [-0.39, 0.29) is 5.91 Å². The number of para-hydroxylation sites is 1. The molecular formula is C42H45N3O2. The smallest absolute Gasteiger partial charge is 0.251 e. The summed E-state index contributed by atoms with van der Waals surface area (Å²) >= 11 is 0. The van der Waals surface area contributed by atoms with Gasteiger partial charge in [0.05, 0.1) is 6.04 Å². The van der Waals surface area contributed by atoms with Crippen LogP contribution < -0.4 is 10.6 Å². The third-order valence-corrected chi connectivity index (χ3v) is 11.0. The fourth-order valence-corrected chi connectivity index (χ4v) is 8.26. The SMILES string of the molecule is O=C(NCc1cccc(CN/C2=C/C(c3ccccc3O)=C\CCC3=C(C4CC4)C=NC4C3C24)c1)c1ccc(C2CCCCC2)cc1. The molecule has 1 heterocycles. The summed E-state index contributed by atoms with van der Waals surface area (Å²) in [5, 5.41) is 17.7. The first kappa shape index (κ1) is 30.0. The van der Waals surface area contributed by atoms with Gasteiger partial charge in [0.2, 0.25) is 0 Å². The highest BCUT2D eigenvalue weighted by atomic mass is 16.3. The number of amides is 1. The molecule has 8 rings (SSSR count). The van der Waals surface area contributed by atoms with E-state index in [1.54, 1.807) is 11.6 Å². The molecule has 0 spiro atoms. The summed E-state index contributed by atoms with van der Waals surface area (Å²) in [5.74, 6) is 2.43. The highest BCUT2D eigenvalue weighted by molar-refractivity contribution is 5.94. The minimum Gasteiger partial charge on any atom is -0.507 e. The van der Waals surface area contributed by atoms with E-state index < -0.39 is 0 Å². The number of aromatic hydroxyl groups is 1. The Kier molecular flexibility index (Phi) is 8.31. The Balaban J connectivity index is 0.965. The van der Waals surface area contributed by atoms with Gasteiger partial charge in [-0.05, 0) is 102 Å². The van der Waals surface area contributed by atoms with Crippen molar-refractivity contribution in [3.05, 3.63) is 130 Å². The summed E-state index contributed by atoms with van der Waals surface area (Å²) in [6.07, 6.45) is 17.8. The second-order valence-electron chi connectivity index (χ2n) is 14.2. The number of nitrogens with one attached hydrogen (secondary N) is 2. The van der Waals surface area contributed by atoms with Crippen LogP contribution in [-0.4, -0.2) is 23.3 Å². The van der Waals surface area contributed by atoms with Gasteiger partial charge in [-0.2, -0.15) is 0 Å². The van der Waals surface area contributed by atoms with Gasteiger partial charge in [-0.3, -0.25) is 9.79 Å². The predicted octanol–water partition coefficient (Wildman–Crippen LogP) is 8.63. The number of hydrogen-bond donors (Lipinski definition) is 3. The van der Waals surface area contributed by atoms with Crippen molar-refractivity contribution in [1.29, 1.82) is 0 Å². The standard InChI is InChI=1S/C42H45N3O2/c46-38-15-5-4-13-34(38)33-12-7-14-35-36(31-18-19-31)26-44-41-39(35)40(41)37(23-33)43-24-27-8-6-9-28(22-27)25-45-42(47)32-20-16-30(17-21-32)29-10-2-1-3-11-29/h4-6,8-9,12-13,15-17,20-23,26,29,31,39-41,43,46H,1-3,7,10-11,14,18-19,24-25H2,(H,45,47)/b33-12+,37-23+. The maximum Gasteiger partial charge on any atom is 0.251 e. The van der Waals surface area contributed by atoms with Crippen molar-refractivity contribution in [2.45, 2.75) is 82.8 Å². The molecule has 5 nitrogen and oxygen atoms in total. The van der Waals surface area contributed by atoms with Gasteiger partial charge in [0.15, 0.2) is 0 Å². The van der Waals surface area contributed by atoms with Crippen LogP contribution in [0.15, 0.2) is 107 Å². The summed E-state index contributed by atoms with van der Waals surface area (Å²) in [6.45, 7) is 1.16. The molecule has 0 saturated heterocycles. The Hall–Kier alpha value is -4.38. The number of carbonyl (C=O) groups is 1. The molecule has 47 heavy (non-hydrogen) atoms. The molecular weight excluding hydrogens is 578 g/mol.